The third-order valence-corrected chi connectivity index (χ3v) is 2.55. The molecule has 6 nitrogen and oxygen atoms in total. The van der Waals surface area contributed by atoms with Crippen LogP contribution in [0.1, 0.15) is 11.1 Å². The quantitative estimate of drug-likeness (QED) is 0.484. The molecule has 6 heteroatoms. The highest BCUT2D eigenvalue weighted by atomic mass is 15.3. The lowest BCUT2D eigenvalue weighted by molar-refractivity contribution is 1.15. The van der Waals surface area contributed by atoms with Crippen molar-refractivity contribution >= 4 is 23.3 Å². The molecule has 0 atom stereocenters. The summed E-state index contributed by atoms with van der Waals surface area (Å²) in [5.74, 6) is 6.55. The van der Waals surface area contributed by atoms with Crippen molar-refractivity contribution in [2.24, 2.45) is 5.84 Å². The summed E-state index contributed by atoms with van der Waals surface area (Å²) >= 11 is 0. The molecule has 0 fully saturated rings. The van der Waals surface area contributed by atoms with Crippen LogP contribution in [0.2, 0.25) is 0 Å². The molecule has 0 aliphatic carbocycles. The standard InChI is InChI=1S/C12H16N6/c1-7-3-4-8(2)9(5-7)15-10-6-11(18-14)17-12(13)16-10/h3-6H,14H2,1-2H3,(H4,13,15,16,17,18). The fourth-order valence-electron chi connectivity index (χ4n) is 1.61. The maximum absolute atomic E-state index is 5.60. The van der Waals surface area contributed by atoms with Gasteiger partial charge in [-0.3, -0.25) is 0 Å². The van der Waals surface area contributed by atoms with Crippen molar-refractivity contribution in [3.63, 3.8) is 0 Å². The SMILES string of the molecule is Cc1ccc(C)c(Nc2cc(NN)nc(N)n2)c1. The van der Waals surface area contributed by atoms with Crippen LogP contribution in [-0.4, -0.2) is 9.97 Å². The van der Waals surface area contributed by atoms with Gasteiger partial charge in [-0.15, -0.1) is 0 Å². The molecule has 0 bridgehead atoms. The molecule has 0 spiro atoms. The van der Waals surface area contributed by atoms with Crippen molar-refractivity contribution in [2.75, 3.05) is 16.5 Å². The number of nitrogen functional groups attached to an aromatic ring is 2. The fraction of sp³-hybridized carbons (Fsp3) is 0.167. The van der Waals surface area contributed by atoms with E-state index in [1.807, 2.05) is 26.0 Å². The Morgan fingerprint density at radius 1 is 1.06 bits per heavy atom. The van der Waals surface area contributed by atoms with Crippen LogP contribution < -0.4 is 22.3 Å². The molecule has 6 N–H and O–H groups in total. The number of aromatic nitrogens is 2. The molecule has 0 saturated carbocycles. The number of hydrogen-bond acceptors (Lipinski definition) is 6. The third kappa shape index (κ3) is 2.67. The molecule has 94 valence electrons. The first-order valence-electron chi connectivity index (χ1n) is 5.54. The molecular weight excluding hydrogens is 228 g/mol. The number of rotatable bonds is 3. The fourth-order valence-corrected chi connectivity index (χ4v) is 1.61. The van der Waals surface area contributed by atoms with Crippen molar-refractivity contribution in [1.29, 1.82) is 0 Å². The van der Waals surface area contributed by atoms with E-state index in [2.05, 4.69) is 26.8 Å². The number of hydrogen-bond donors (Lipinski definition) is 4. The van der Waals surface area contributed by atoms with Crippen molar-refractivity contribution in [2.45, 2.75) is 13.8 Å². The second-order valence-corrected chi connectivity index (χ2v) is 4.08. The van der Waals surface area contributed by atoms with Gasteiger partial charge in [-0.25, -0.2) is 5.84 Å². The van der Waals surface area contributed by atoms with Gasteiger partial charge in [0.05, 0.1) is 0 Å². The van der Waals surface area contributed by atoms with Crippen molar-refractivity contribution in [3.8, 4) is 0 Å². The van der Waals surface area contributed by atoms with Crippen LogP contribution in [-0.2, 0) is 0 Å². The molecular formula is C12H16N6. The lowest BCUT2D eigenvalue weighted by atomic mass is 10.1. The lowest BCUT2D eigenvalue weighted by Gasteiger charge is -2.11. The van der Waals surface area contributed by atoms with Gasteiger partial charge in [0.25, 0.3) is 0 Å². The Bertz CT molecular complexity index is 566. The minimum atomic E-state index is 0.165. The average molecular weight is 244 g/mol. The predicted octanol–water partition coefficient (Wildman–Crippen LogP) is 1.70. The summed E-state index contributed by atoms with van der Waals surface area (Å²) in [5.41, 5.74) is 11.3. The molecule has 18 heavy (non-hydrogen) atoms. The summed E-state index contributed by atoms with van der Waals surface area (Å²) in [7, 11) is 0. The Balaban J connectivity index is 2.33. The van der Waals surface area contributed by atoms with Gasteiger partial charge < -0.3 is 16.5 Å². The Kier molecular flexibility index (Phi) is 3.29. The van der Waals surface area contributed by atoms with Gasteiger partial charge >= 0.3 is 0 Å². The number of nitrogens with one attached hydrogen (secondary N) is 2. The Hall–Kier alpha value is -2.34. The monoisotopic (exact) mass is 244 g/mol. The zero-order valence-electron chi connectivity index (χ0n) is 10.4. The summed E-state index contributed by atoms with van der Waals surface area (Å²) in [4.78, 5) is 8.03. The molecule has 1 aromatic heterocycles. The lowest BCUT2D eigenvalue weighted by Crippen LogP contribution is -2.11. The van der Waals surface area contributed by atoms with Crippen LogP contribution in [0.3, 0.4) is 0 Å². The average Bonchev–Trinajstić information content (AvgIpc) is 2.33. The minimum Gasteiger partial charge on any atom is -0.368 e. The maximum atomic E-state index is 5.60. The predicted molar refractivity (Wildman–Crippen MR) is 73.5 cm³/mol. The van der Waals surface area contributed by atoms with Crippen LogP contribution in [0.4, 0.5) is 23.3 Å². The number of benzene rings is 1. The van der Waals surface area contributed by atoms with Crippen molar-refractivity contribution in [1.82, 2.24) is 9.97 Å². The molecule has 2 aromatic rings. The number of nitrogens with zero attached hydrogens (tertiary/aromatic N) is 2. The molecule has 0 amide bonds. The van der Waals surface area contributed by atoms with E-state index < -0.39 is 0 Å². The Morgan fingerprint density at radius 2 is 1.78 bits per heavy atom. The van der Waals surface area contributed by atoms with E-state index in [9.17, 15) is 0 Å². The van der Waals surface area contributed by atoms with Crippen molar-refractivity contribution in [3.05, 3.63) is 35.4 Å². The summed E-state index contributed by atoms with van der Waals surface area (Å²) in [6, 6.07) is 7.84. The number of anilines is 4. The topological polar surface area (TPSA) is 102 Å². The van der Waals surface area contributed by atoms with E-state index in [0.29, 0.717) is 11.6 Å². The van der Waals surface area contributed by atoms with E-state index in [1.165, 1.54) is 5.56 Å². The van der Waals surface area contributed by atoms with E-state index >= 15 is 0 Å². The van der Waals surface area contributed by atoms with Gasteiger partial charge in [0, 0.05) is 11.8 Å². The van der Waals surface area contributed by atoms with Gasteiger partial charge in [-0.05, 0) is 31.0 Å². The van der Waals surface area contributed by atoms with Crippen LogP contribution in [0.5, 0.6) is 0 Å². The second-order valence-electron chi connectivity index (χ2n) is 4.08. The molecule has 0 unspecified atom stereocenters. The summed E-state index contributed by atoms with van der Waals surface area (Å²) < 4.78 is 0. The van der Waals surface area contributed by atoms with E-state index in [1.54, 1.807) is 6.07 Å². The zero-order chi connectivity index (χ0) is 13.1. The van der Waals surface area contributed by atoms with Crippen LogP contribution in [0.15, 0.2) is 24.3 Å². The first-order valence-corrected chi connectivity index (χ1v) is 5.54. The minimum absolute atomic E-state index is 0.165. The van der Waals surface area contributed by atoms with Crippen LogP contribution in [0.25, 0.3) is 0 Å². The van der Waals surface area contributed by atoms with Gasteiger partial charge in [0.15, 0.2) is 0 Å². The second kappa shape index (κ2) is 4.89. The summed E-state index contributed by atoms with van der Waals surface area (Å²) in [5, 5.41) is 3.20. The molecule has 0 aliphatic rings. The van der Waals surface area contributed by atoms with Gasteiger partial charge in [-0.1, -0.05) is 12.1 Å². The Labute approximate surface area is 105 Å². The molecule has 1 aromatic carbocycles. The summed E-state index contributed by atoms with van der Waals surface area (Å²) in [6.45, 7) is 4.06. The van der Waals surface area contributed by atoms with Crippen LogP contribution >= 0.6 is 0 Å². The molecule has 1 heterocycles. The largest absolute Gasteiger partial charge is 0.368 e. The van der Waals surface area contributed by atoms with E-state index in [0.717, 1.165) is 11.3 Å². The number of aryl methyl sites for hydroxylation is 2. The first-order chi connectivity index (χ1) is 8.58. The van der Waals surface area contributed by atoms with Gasteiger partial charge in [0.1, 0.15) is 11.6 Å². The van der Waals surface area contributed by atoms with Crippen molar-refractivity contribution < 1.29 is 0 Å². The van der Waals surface area contributed by atoms with Gasteiger partial charge in [0.2, 0.25) is 5.95 Å². The Morgan fingerprint density at radius 3 is 2.50 bits per heavy atom. The number of nitrogens with two attached hydrogens (primary N) is 2. The highest BCUT2D eigenvalue weighted by Gasteiger charge is 2.04. The van der Waals surface area contributed by atoms with E-state index in [-0.39, 0.29) is 5.95 Å². The van der Waals surface area contributed by atoms with E-state index in [4.69, 9.17) is 11.6 Å². The molecule has 0 aliphatic heterocycles. The maximum Gasteiger partial charge on any atom is 0.223 e. The van der Waals surface area contributed by atoms with Gasteiger partial charge in [-0.2, -0.15) is 9.97 Å². The molecule has 2 rings (SSSR count). The first kappa shape index (κ1) is 12.1. The van der Waals surface area contributed by atoms with Crippen LogP contribution in [0, 0.1) is 13.8 Å². The molecule has 0 saturated heterocycles. The summed E-state index contributed by atoms with van der Waals surface area (Å²) in [6.07, 6.45) is 0. The zero-order valence-corrected chi connectivity index (χ0v) is 10.4. The highest BCUT2D eigenvalue weighted by Crippen LogP contribution is 2.22. The smallest absolute Gasteiger partial charge is 0.223 e. The third-order valence-electron chi connectivity index (χ3n) is 2.55. The highest BCUT2D eigenvalue weighted by molar-refractivity contribution is 5.64. The normalized spacial score (nSPS) is 10.2. The number of hydrazine groups is 1. The molecule has 0 radical (unpaired) electrons.